The van der Waals surface area contributed by atoms with Gasteiger partial charge in [-0.2, -0.15) is 0 Å². The fourth-order valence-electron chi connectivity index (χ4n) is 0.870. The van der Waals surface area contributed by atoms with Crippen LogP contribution in [-0.4, -0.2) is 23.6 Å². The van der Waals surface area contributed by atoms with E-state index in [0.717, 1.165) is 5.76 Å². The lowest BCUT2D eigenvalue weighted by atomic mass is 10.4. The number of rotatable bonds is 6. The molecule has 1 amide bonds. The first-order chi connectivity index (χ1) is 6.83. The summed E-state index contributed by atoms with van der Waals surface area (Å²) < 4.78 is 5.06. The van der Waals surface area contributed by atoms with Crippen molar-refractivity contribution in [3.05, 3.63) is 24.2 Å². The summed E-state index contributed by atoms with van der Waals surface area (Å²) in [7, 11) is 0. The monoisotopic (exact) mass is 213 g/mol. The summed E-state index contributed by atoms with van der Waals surface area (Å²) in [5, 5.41) is 7.91. The Morgan fingerprint density at radius 3 is 3.21 bits per heavy atom. The zero-order valence-corrected chi connectivity index (χ0v) is 8.55. The Bertz CT molecular complexity index is 285. The van der Waals surface area contributed by atoms with Crippen molar-refractivity contribution in [3.63, 3.8) is 0 Å². The summed E-state index contributed by atoms with van der Waals surface area (Å²) in [6.07, 6.45) is 3.12. The van der Waals surface area contributed by atoms with Gasteiger partial charge in [0, 0.05) is 0 Å². The number of hydrogen-bond acceptors (Lipinski definition) is 3. The molecule has 1 aromatic heterocycles. The highest BCUT2D eigenvalue weighted by Gasteiger charge is 2.01. The Hall–Kier alpha value is -1.23. The van der Waals surface area contributed by atoms with E-state index >= 15 is 0 Å². The van der Waals surface area contributed by atoms with E-state index < -0.39 is 0 Å². The fraction of sp³-hybridized carbons (Fsp3) is 0.333. The highest BCUT2D eigenvalue weighted by molar-refractivity contribution is 8.00. The Morgan fingerprint density at radius 1 is 1.71 bits per heavy atom. The number of carbonyl (C=O) groups excluding carboxylic acids is 1. The molecule has 0 aromatic carbocycles. The summed E-state index contributed by atoms with van der Waals surface area (Å²) >= 11 is 1.48. The molecule has 0 bridgehead atoms. The van der Waals surface area contributed by atoms with Crippen molar-refractivity contribution in [2.45, 2.75) is 6.54 Å². The van der Waals surface area contributed by atoms with Gasteiger partial charge in [-0.1, -0.05) is 0 Å². The number of nitrogens with one attached hydrogen (secondary N) is 1. The average molecular weight is 213 g/mol. The van der Waals surface area contributed by atoms with Crippen LogP contribution in [0.4, 0.5) is 0 Å². The van der Waals surface area contributed by atoms with Gasteiger partial charge in [-0.15, -0.1) is 11.8 Å². The third kappa shape index (κ3) is 4.13. The Kier molecular flexibility index (Phi) is 4.85. The van der Waals surface area contributed by atoms with Crippen LogP contribution in [0.15, 0.2) is 22.8 Å². The summed E-state index contributed by atoms with van der Waals surface area (Å²) in [5.74, 6) is 1.87. The minimum atomic E-state index is -0.00625. The first-order valence-corrected chi connectivity index (χ1v) is 5.38. The molecule has 0 atom stereocenters. The van der Waals surface area contributed by atoms with Crippen LogP contribution >= 0.6 is 11.8 Å². The lowest BCUT2D eigenvalue weighted by Gasteiger charge is -2.00. The highest BCUT2D eigenvalue weighted by Crippen LogP contribution is 2.00. The van der Waals surface area contributed by atoms with Crippen LogP contribution in [0.5, 0.6) is 0 Å². The van der Waals surface area contributed by atoms with Gasteiger partial charge in [0.25, 0.3) is 0 Å². The van der Waals surface area contributed by atoms with Gasteiger partial charge in [0.2, 0.25) is 5.91 Å². The summed E-state index contributed by atoms with van der Waals surface area (Å²) in [6, 6.07) is 3.61. The summed E-state index contributed by atoms with van der Waals surface area (Å²) in [6.45, 7) is 0.443. The predicted molar refractivity (Wildman–Crippen MR) is 55.9 cm³/mol. The molecule has 1 rings (SSSR count). The Morgan fingerprint density at radius 2 is 2.57 bits per heavy atom. The number of thioether (sulfide) groups is 1. The lowest BCUT2D eigenvalue weighted by molar-refractivity contribution is -0.118. The standard InChI is InChI=1S/C9H12N2O2S/c10-3-5-14-7-9(12)11-6-8-2-1-4-13-8/h1-4,10H,5-7H2,(H,11,12)/p+1. The third-order valence-electron chi connectivity index (χ3n) is 1.49. The van der Waals surface area contributed by atoms with Crippen molar-refractivity contribution in [3.8, 4) is 0 Å². The molecule has 0 aliphatic carbocycles. The quantitative estimate of drug-likeness (QED) is 0.492. The molecule has 4 nitrogen and oxygen atoms in total. The van der Waals surface area contributed by atoms with E-state index in [1.807, 2.05) is 6.07 Å². The van der Waals surface area contributed by atoms with Gasteiger partial charge in [0.15, 0.2) is 0 Å². The van der Waals surface area contributed by atoms with Crippen molar-refractivity contribution < 1.29 is 14.6 Å². The molecule has 14 heavy (non-hydrogen) atoms. The number of carbonyl (C=O) groups is 1. The molecule has 0 spiro atoms. The number of hydrogen-bond donors (Lipinski definition) is 2. The fourth-order valence-corrected chi connectivity index (χ4v) is 1.41. The van der Waals surface area contributed by atoms with E-state index in [0.29, 0.717) is 18.1 Å². The van der Waals surface area contributed by atoms with Crippen LogP contribution in [0.1, 0.15) is 5.76 Å². The SMILES string of the molecule is [NH2+]=CCSCC(=O)NCc1ccco1. The van der Waals surface area contributed by atoms with E-state index in [4.69, 9.17) is 9.83 Å². The second-order valence-electron chi connectivity index (χ2n) is 2.61. The van der Waals surface area contributed by atoms with E-state index in [-0.39, 0.29) is 5.91 Å². The average Bonchev–Trinajstić information content (AvgIpc) is 2.68. The zero-order chi connectivity index (χ0) is 10.2. The highest BCUT2D eigenvalue weighted by atomic mass is 32.2. The third-order valence-corrected chi connectivity index (χ3v) is 2.38. The molecule has 0 radical (unpaired) electrons. The summed E-state index contributed by atoms with van der Waals surface area (Å²) in [4.78, 5) is 11.2. The molecule has 0 saturated heterocycles. The molecule has 3 N–H and O–H groups in total. The minimum absolute atomic E-state index is 0.00625. The largest absolute Gasteiger partial charge is 0.467 e. The molecular weight excluding hydrogens is 200 g/mol. The van der Waals surface area contributed by atoms with Crippen molar-refractivity contribution in [2.75, 3.05) is 11.5 Å². The van der Waals surface area contributed by atoms with Crippen molar-refractivity contribution in [2.24, 2.45) is 0 Å². The molecule has 0 unspecified atom stereocenters. The predicted octanol–water partition coefficient (Wildman–Crippen LogP) is -0.541. The van der Waals surface area contributed by atoms with Crippen molar-refractivity contribution >= 4 is 23.9 Å². The van der Waals surface area contributed by atoms with Crippen LogP contribution < -0.4 is 10.7 Å². The van der Waals surface area contributed by atoms with Gasteiger partial charge < -0.3 is 9.73 Å². The summed E-state index contributed by atoms with van der Waals surface area (Å²) in [5.41, 5.74) is 0. The van der Waals surface area contributed by atoms with Crippen molar-refractivity contribution in [1.29, 1.82) is 0 Å². The lowest BCUT2D eigenvalue weighted by Crippen LogP contribution is -2.31. The smallest absolute Gasteiger partial charge is 0.230 e. The van der Waals surface area contributed by atoms with Crippen LogP contribution in [0.25, 0.3) is 0 Å². The molecule has 76 valence electrons. The Balaban J connectivity index is 2.12. The van der Waals surface area contributed by atoms with E-state index in [1.54, 1.807) is 12.3 Å². The number of nitrogens with two attached hydrogens (primary N) is 1. The van der Waals surface area contributed by atoms with Gasteiger partial charge in [-0.25, -0.2) is 0 Å². The maximum atomic E-state index is 11.2. The van der Waals surface area contributed by atoms with E-state index in [1.165, 1.54) is 18.0 Å². The van der Waals surface area contributed by atoms with E-state index in [2.05, 4.69) is 5.32 Å². The second-order valence-corrected chi connectivity index (χ2v) is 3.64. The van der Waals surface area contributed by atoms with Crippen LogP contribution in [0, 0.1) is 0 Å². The minimum Gasteiger partial charge on any atom is -0.467 e. The molecule has 5 heteroatoms. The molecule has 0 fully saturated rings. The van der Waals surface area contributed by atoms with E-state index in [9.17, 15) is 4.79 Å². The van der Waals surface area contributed by atoms with Crippen LogP contribution in [0.3, 0.4) is 0 Å². The van der Waals surface area contributed by atoms with Gasteiger partial charge in [0.1, 0.15) is 12.0 Å². The van der Waals surface area contributed by atoms with Gasteiger partial charge >= 0.3 is 0 Å². The molecule has 0 aliphatic heterocycles. The maximum absolute atomic E-state index is 11.2. The number of amides is 1. The number of furan rings is 1. The van der Waals surface area contributed by atoms with Gasteiger partial charge in [0.05, 0.1) is 24.3 Å². The second kappa shape index (κ2) is 6.26. The first kappa shape index (κ1) is 10.8. The zero-order valence-electron chi connectivity index (χ0n) is 7.73. The van der Waals surface area contributed by atoms with Gasteiger partial charge in [-0.05, 0) is 12.1 Å². The molecule has 1 aromatic rings. The molecule has 0 aliphatic rings. The van der Waals surface area contributed by atoms with Crippen LogP contribution in [0.2, 0.25) is 0 Å². The van der Waals surface area contributed by atoms with Crippen LogP contribution in [-0.2, 0) is 11.3 Å². The Labute approximate surface area is 86.6 Å². The van der Waals surface area contributed by atoms with Crippen molar-refractivity contribution in [1.82, 2.24) is 5.32 Å². The van der Waals surface area contributed by atoms with Gasteiger partial charge in [-0.3, -0.25) is 10.2 Å². The maximum Gasteiger partial charge on any atom is 0.230 e. The molecule has 1 heterocycles. The first-order valence-electron chi connectivity index (χ1n) is 4.23. The topological polar surface area (TPSA) is 67.8 Å². The molecule has 0 saturated carbocycles. The molecular formula is C9H13N2O2S+. The normalized spacial score (nSPS) is 9.71.